The normalized spacial score (nSPS) is 10.5. The molecule has 0 saturated carbocycles. The van der Waals surface area contributed by atoms with Crippen LogP contribution in [0.3, 0.4) is 0 Å². The molecule has 4 nitrogen and oxygen atoms in total. The number of rotatable bonds is 2. The van der Waals surface area contributed by atoms with Crippen molar-refractivity contribution in [1.29, 1.82) is 0 Å². The van der Waals surface area contributed by atoms with E-state index in [-0.39, 0.29) is 11.7 Å². The van der Waals surface area contributed by atoms with E-state index in [1.165, 1.54) is 0 Å². The number of nitrogen functional groups attached to an aromatic ring is 1. The van der Waals surface area contributed by atoms with Crippen LogP contribution in [-0.2, 0) is 0 Å². The number of para-hydroxylation sites is 1. The van der Waals surface area contributed by atoms with E-state index in [1.807, 2.05) is 24.3 Å². The summed E-state index contributed by atoms with van der Waals surface area (Å²) in [7, 11) is 0. The average molecular weight is 278 g/mol. The maximum atomic E-state index is 12.2. The number of benzene rings is 3. The Hall–Kier alpha value is -3.01. The van der Waals surface area contributed by atoms with Gasteiger partial charge in [0.05, 0.1) is 11.3 Å². The summed E-state index contributed by atoms with van der Waals surface area (Å²) in [6.07, 6.45) is 0. The number of amides is 1. The minimum absolute atomic E-state index is 0.0518. The number of nitrogens with one attached hydrogen (secondary N) is 1. The Balaban J connectivity index is 1.97. The summed E-state index contributed by atoms with van der Waals surface area (Å²) in [4.78, 5) is 12.2. The fraction of sp³-hybridized carbons (Fsp3) is 0. The smallest absolute Gasteiger partial charge is 0.257 e. The van der Waals surface area contributed by atoms with Crippen LogP contribution in [0.25, 0.3) is 10.8 Å². The predicted octanol–water partition coefficient (Wildman–Crippen LogP) is 3.38. The summed E-state index contributed by atoms with van der Waals surface area (Å²) >= 11 is 0. The quantitative estimate of drug-likeness (QED) is 0.497. The van der Waals surface area contributed by atoms with Crippen molar-refractivity contribution in [3.63, 3.8) is 0 Å². The highest BCUT2D eigenvalue weighted by Crippen LogP contribution is 2.32. The molecule has 0 atom stereocenters. The van der Waals surface area contributed by atoms with Gasteiger partial charge in [0.1, 0.15) is 5.75 Å². The Morgan fingerprint density at radius 2 is 1.67 bits per heavy atom. The highest BCUT2D eigenvalue weighted by molar-refractivity contribution is 6.09. The van der Waals surface area contributed by atoms with Crippen molar-refractivity contribution >= 4 is 28.1 Å². The van der Waals surface area contributed by atoms with Crippen LogP contribution in [0.4, 0.5) is 11.4 Å². The topological polar surface area (TPSA) is 75.4 Å². The van der Waals surface area contributed by atoms with E-state index in [4.69, 9.17) is 5.73 Å². The number of carbonyl (C=O) groups excluding carboxylic acids is 1. The van der Waals surface area contributed by atoms with E-state index in [2.05, 4.69) is 5.32 Å². The van der Waals surface area contributed by atoms with Crippen molar-refractivity contribution in [3.05, 3.63) is 66.2 Å². The van der Waals surface area contributed by atoms with Gasteiger partial charge in [-0.2, -0.15) is 0 Å². The molecule has 4 heteroatoms. The molecule has 3 aromatic rings. The number of phenols is 1. The summed E-state index contributed by atoms with van der Waals surface area (Å²) in [6.45, 7) is 0. The van der Waals surface area contributed by atoms with E-state index >= 15 is 0 Å². The molecular formula is C17H14N2O2. The maximum absolute atomic E-state index is 12.2. The van der Waals surface area contributed by atoms with Gasteiger partial charge in [-0.1, -0.05) is 42.5 Å². The van der Waals surface area contributed by atoms with Crippen LogP contribution >= 0.6 is 0 Å². The fourth-order valence-corrected chi connectivity index (χ4v) is 2.25. The van der Waals surface area contributed by atoms with E-state index in [0.717, 1.165) is 5.39 Å². The zero-order chi connectivity index (χ0) is 14.8. The molecule has 0 unspecified atom stereocenters. The monoisotopic (exact) mass is 278 g/mol. The second kappa shape index (κ2) is 5.17. The van der Waals surface area contributed by atoms with Crippen LogP contribution in [0.15, 0.2) is 60.7 Å². The van der Waals surface area contributed by atoms with Crippen LogP contribution in [0.5, 0.6) is 5.75 Å². The SMILES string of the molecule is Nc1ccccc1C(=O)Nc1ccc2ccccc2c1O. The Morgan fingerprint density at radius 1 is 0.952 bits per heavy atom. The Morgan fingerprint density at radius 3 is 2.48 bits per heavy atom. The lowest BCUT2D eigenvalue weighted by molar-refractivity contribution is 0.102. The van der Waals surface area contributed by atoms with Crippen LogP contribution < -0.4 is 11.1 Å². The number of aromatic hydroxyl groups is 1. The van der Waals surface area contributed by atoms with Crippen molar-refractivity contribution in [2.45, 2.75) is 0 Å². The van der Waals surface area contributed by atoms with Gasteiger partial charge in [0, 0.05) is 11.1 Å². The fourth-order valence-electron chi connectivity index (χ4n) is 2.25. The Kier molecular flexibility index (Phi) is 3.20. The summed E-state index contributed by atoms with van der Waals surface area (Å²) < 4.78 is 0. The molecule has 0 bridgehead atoms. The van der Waals surface area contributed by atoms with E-state index in [9.17, 15) is 9.90 Å². The molecule has 0 aliphatic carbocycles. The van der Waals surface area contributed by atoms with E-state index in [1.54, 1.807) is 36.4 Å². The molecule has 0 aliphatic heterocycles. The molecule has 1 amide bonds. The first-order valence-electron chi connectivity index (χ1n) is 6.53. The first-order valence-corrected chi connectivity index (χ1v) is 6.53. The van der Waals surface area contributed by atoms with Gasteiger partial charge in [-0.25, -0.2) is 0 Å². The van der Waals surface area contributed by atoms with Gasteiger partial charge in [0.25, 0.3) is 5.91 Å². The summed E-state index contributed by atoms with van der Waals surface area (Å²) in [6, 6.07) is 17.8. The third-order valence-corrected chi connectivity index (χ3v) is 3.35. The first-order chi connectivity index (χ1) is 10.2. The molecule has 0 aromatic heterocycles. The lowest BCUT2D eigenvalue weighted by Crippen LogP contribution is -2.14. The number of anilines is 2. The number of hydrogen-bond acceptors (Lipinski definition) is 3. The molecule has 21 heavy (non-hydrogen) atoms. The number of phenolic OH excluding ortho intramolecular Hbond substituents is 1. The second-order valence-electron chi connectivity index (χ2n) is 4.72. The minimum Gasteiger partial charge on any atom is -0.505 e. The van der Waals surface area contributed by atoms with Gasteiger partial charge in [-0.3, -0.25) is 4.79 Å². The van der Waals surface area contributed by atoms with Gasteiger partial charge in [-0.15, -0.1) is 0 Å². The van der Waals surface area contributed by atoms with E-state index < -0.39 is 0 Å². The Labute approximate surface area is 121 Å². The summed E-state index contributed by atoms with van der Waals surface area (Å²) in [5, 5.41) is 14.6. The lowest BCUT2D eigenvalue weighted by atomic mass is 10.1. The van der Waals surface area contributed by atoms with Gasteiger partial charge in [0.15, 0.2) is 0 Å². The highest BCUT2D eigenvalue weighted by Gasteiger charge is 2.12. The van der Waals surface area contributed by atoms with Gasteiger partial charge in [0.2, 0.25) is 0 Å². The zero-order valence-corrected chi connectivity index (χ0v) is 11.2. The number of hydrogen-bond donors (Lipinski definition) is 3. The molecule has 3 rings (SSSR count). The number of fused-ring (bicyclic) bond motifs is 1. The minimum atomic E-state index is -0.348. The molecule has 104 valence electrons. The van der Waals surface area contributed by atoms with Crippen LogP contribution in [0.1, 0.15) is 10.4 Å². The summed E-state index contributed by atoms with van der Waals surface area (Å²) in [5.41, 5.74) is 6.92. The third-order valence-electron chi connectivity index (χ3n) is 3.35. The molecule has 0 fully saturated rings. The Bertz CT molecular complexity index is 828. The van der Waals surface area contributed by atoms with Crippen molar-refractivity contribution < 1.29 is 9.90 Å². The first kappa shape index (κ1) is 13.0. The largest absolute Gasteiger partial charge is 0.505 e. The zero-order valence-electron chi connectivity index (χ0n) is 11.2. The average Bonchev–Trinajstić information content (AvgIpc) is 2.51. The maximum Gasteiger partial charge on any atom is 0.257 e. The van der Waals surface area contributed by atoms with Crippen LogP contribution in [0, 0.1) is 0 Å². The molecular weight excluding hydrogens is 264 g/mol. The van der Waals surface area contributed by atoms with Gasteiger partial charge in [-0.05, 0) is 23.6 Å². The van der Waals surface area contributed by atoms with Crippen molar-refractivity contribution in [2.75, 3.05) is 11.1 Å². The number of carbonyl (C=O) groups is 1. The molecule has 4 N–H and O–H groups in total. The molecule has 0 spiro atoms. The van der Waals surface area contributed by atoms with Gasteiger partial charge < -0.3 is 16.2 Å². The van der Waals surface area contributed by atoms with Crippen LogP contribution in [0.2, 0.25) is 0 Å². The molecule has 0 radical (unpaired) electrons. The number of nitrogens with two attached hydrogens (primary N) is 1. The third kappa shape index (κ3) is 2.39. The highest BCUT2D eigenvalue weighted by atomic mass is 16.3. The second-order valence-corrected chi connectivity index (χ2v) is 4.72. The van der Waals surface area contributed by atoms with Gasteiger partial charge >= 0.3 is 0 Å². The summed E-state index contributed by atoms with van der Waals surface area (Å²) in [5.74, 6) is -0.297. The standard InChI is InChI=1S/C17H14N2O2/c18-14-8-4-3-7-13(14)17(21)19-15-10-9-11-5-1-2-6-12(11)16(15)20/h1-10,20H,18H2,(H,19,21). The van der Waals surface area contributed by atoms with Crippen molar-refractivity contribution in [1.82, 2.24) is 0 Å². The molecule has 3 aromatic carbocycles. The van der Waals surface area contributed by atoms with Crippen molar-refractivity contribution in [3.8, 4) is 5.75 Å². The van der Waals surface area contributed by atoms with E-state index in [0.29, 0.717) is 22.3 Å². The molecule has 0 heterocycles. The lowest BCUT2D eigenvalue weighted by Gasteiger charge is -2.10. The van der Waals surface area contributed by atoms with Crippen LogP contribution in [-0.4, -0.2) is 11.0 Å². The predicted molar refractivity (Wildman–Crippen MR) is 84.4 cm³/mol. The molecule has 0 aliphatic rings. The van der Waals surface area contributed by atoms with Crippen molar-refractivity contribution in [2.24, 2.45) is 0 Å². The molecule has 0 saturated heterocycles.